The first-order chi connectivity index (χ1) is 7.18. The number of aryl methyl sites for hydroxylation is 1. The Morgan fingerprint density at radius 3 is 2.56 bits per heavy atom. The van der Waals surface area contributed by atoms with Crippen LogP contribution in [0.1, 0.15) is 0 Å². The van der Waals surface area contributed by atoms with Gasteiger partial charge in [-0.15, -0.1) is 0 Å². The molecular formula is C6H6ClF3N2O2S2. The summed E-state index contributed by atoms with van der Waals surface area (Å²) in [6.07, 6.45) is 2.20. The van der Waals surface area contributed by atoms with E-state index in [1.807, 2.05) is 0 Å². The molecule has 4 nitrogen and oxygen atoms in total. The molecule has 0 aromatic carbocycles. The van der Waals surface area contributed by atoms with E-state index >= 15 is 0 Å². The van der Waals surface area contributed by atoms with Crippen molar-refractivity contribution in [1.82, 2.24) is 9.55 Å². The van der Waals surface area contributed by atoms with Gasteiger partial charge in [-0.1, -0.05) is 0 Å². The van der Waals surface area contributed by atoms with Crippen LogP contribution in [0.2, 0.25) is 0 Å². The van der Waals surface area contributed by atoms with Gasteiger partial charge in [0.15, 0.2) is 5.03 Å². The lowest BCUT2D eigenvalue weighted by atomic mass is 10.7. The fourth-order valence-electron chi connectivity index (χ4n) is 0.855. The summed E-state index contributed by atoms with van der Waals surface area (Å²) in [6.45, 7) is 0.00356. The second kappa shape index (κ2) is 4.84. The van der Waals surface area contributed by atoms with Crippen LogP contribution in [-0.2, 0) is 15.6 Å². The third-order valence-corrected chi connectivity index (χ3v) is 3.37. The molecule has 0 aliphatic rings. The Labute approximate surface area is 98.2 Å². The third-order valence-electron chi connectivity index (χ3n) is 1.47. The van der Waals surface area contributed by atoms with Crippen LogP contribution in [0.15, 0.2) is 17.6 Å². The highest BCUT2D eigenvalue weighted by Gasteiger charge is 2.27. The van der Waals surface area contributed by atoms with Crippen molar-refractivity contribution in [3.05, 3.63) is 12.5 Å². The number of thioether (sulfide) groups is 1. The minimum Gasteiger partial charge on any atom is -0.335 e. The van der Waals surface area contributed by atoms with E-state index < -0.39 is 14.6 Å². The van der Waals surface area contributed by atoms with Crippen molar-refractivity contribution in [2.24, 2.45) is 0 Å². The maximum Gasteiger partial charge on any atom is 0.441 e. The lowest BCUT2D eigenvalue weighted by Gasteiger charge is -2.05. The Balaban J connectivity index is 2.54. The molecule has 1 aromatic rings. The molecule has 0 N–H and O–H groups in total. The minimum atomic E-state index is -4.29. The third kappa shape index (κ3) is 4.62. The van der Waals surface area contributed by atoms with Crippen molar-refractivity contribution in [1.29, 1.82) is 0 Å². The molecule has 0 radical (unpaired) electrons. The lowest BCUT2D eigenvalue weighted by Crippen LogP contribution is -2.05. The number of halogens is 4. The standard InChI is InChI=1S/C6H6ClF3N2O2S2/c7-16(13,14)5-3-12(4-11-5)1-2-15-6(8,9)10/h3-4H,1-2H2. The Hall–Kier alpha value is -0.410. The van der Waals surface area contributed by atoms with Gasteiger partial charge < -0.3 is 4.57 Å². The van der Waals surface area contributed by atoms with E-state index in [4.69, 9.17) is 10.7 Å². The van der Waals surface area contributed by atoms with Crippen molar-refractivity contribution in [2.45, 2.75) is 17.1 Å². The molecule has 0 saturated heterocycles. The summed E-state index contributed by atoms with van der Waals surface area (Å²) in [5.41, 5.74) is -4.29. The zero-order valence-corrected chi connectivity index (χ0v) is 10.00. The molecule has 0 aliphatic heterocycles. The Kier molecular flexibility index (Phi) is 4.13. The van der Waals surface area contributed by atoms with Gasteiger partial charge in [-0.3, -0.25) is 0 Å². The summed E-state index contributed by atoms with van der Waals surface area (Å²) < 4.78 is 58.1. The zero-order valence-electron chi connectivity index (χ0n) is 7.61. The predicted molar refractivity (Wildman–Crippen MR) is 53.8 cm³/mol. The Morgan fingerprint density at radius 1 is 1.50 bits per heavy atom. The average Bonchev–Trinajstić information content (AvgIpc) is 2.49. The number of hydrogen-bond acceptors (Lipinski definition) is 4. The smallest absolute Gasteiger partial charge is 0.335 e. The van der Waals surface area contributed by atoms with Crippen LogP contribution in [0.5, 0.6) is 0 Å². The van der Waals surface area contributed by atoms with Gasteiger partial charge in [-0.05, 0) is 11.8 Å². The van der Waals surface area contributed by atoms with Gasteiger partial charge in [0.05, 0.1) is 6.33 Å². The van der Waals surface area contributed by atoms with Crippen LogP contribution in [0.25, 0.3) is 0 Å². The maximum atomic E-state index is 11.8. The molecule has 0 saturated carbocycles. The molecule has 0 atom stereocenters. The summed E-state index contributed by atoms with van der Waals surface area (Å²) in [5.74, 6) is -0.221. The normalized spacial score (nSPS) is 13.0. The molecule has 0 spiro atoms. The van der Waals surface area contributed by atoms with E-state index in [1.54, 1.807) is 0 Å². The highest BCUT2D eigenvalue weighted by atomic mass is 35.7. The highest BCUT2D eigenvalue weighted by molar-refractivity contribution is 8.13. The van der Waals surface area contributed by atoms with Gasteiger partial charge in [-0.2, -0.15) is 13.2 Å². The molecule has 0 aliphatic carbocycles. The largest absolute Gasteiger partial charge is 0.441 e. The second-order valence-electron chi connectivity index (χ2n) is 2.68. The number of hydrogen-bond donors (Lipinski definition) is 0. The number of imidazole rings is 1. The summed E-state index contributed by atoms with van der Waals surface area (Å²) >= 11 is -0.186. The fourth-order valence-corrected chi connectivity index (χ4v) is 2.06. The summed E-state index contributed by atoms with van der Waals surface area (Å²) in [5, 5.41) is -0.369. The van der Waals surface area contributed by atoms with Crippen LogP contribution in [-0.4, -0.2) is 29.2 Å². The second-order valence-corrected chi connectivity index (χ2v) is 6.35. The molecule has 0 unspecified atom stereocenters. The summed E-state index contributed by atoms with van der Waals surface area (Å²) in [4.78, 5) is 3.46. The van der Waals surface area contributed by atoms with Gasteiger partial charge in [0, 0.05) is 29.2 Å². The van der Waals surface area contributed by atoms with E-state index in [0.717, 1.165) is 12.5 Å². The molecular weight excluding hydrogens is 289 g/mol. The number of alkyl halides is 3. The van der Waals surface area contributed by atoms with Gasteiger partial charge in [-0.25, -0.2) is 13.4 Å². The van der Waals surface area contributed by atoms with Crippen molar-refractivity contribution in [2.75, 3.05) is 5.75 Å². The summed E-state index contributed by atoms with van der Waals surface area (Å²) in [7, 11) is 1.07. The quantitative estimate of drug-likeness (QED) is 0.798. The Bertz CT molecular complexity index is 457. The van der Waals surface area contributed by atoms with Crippen LogP contribution >= 0.6 is 22.4 Å². The monoisotopic (exact) mass is 294 g/mol. The Morgan fingerprint density at radius 2 is 2.12 bits per heavy atom. The van der Waals surface area contributed by atoms with Crippen LogP contribution in [0, 0.1) is 0 Å². The van der Waals surface area contributed by atoms with E-state index in [-0.39, 0.29) is 29.1 Å². The molecule has 16 heavy (non-hydrogen) atoms. The molecule has 1 rings (SSSR count). The first-order valence-corrected chi connectivity index (χ1v) is 7.15. The lowest BCUT2D eigenvalue weighted by molar-refractivity contribution is -0.0328. The predicted octanol–water partition coefficient (Wildman–Crippen LogP) is 2.06. The van der Waals surface area contributed by atoms with Crippen LogP contribution < -0.4 is 0 Å². The number of nitrogens with zero attached hydrogens (tertiary/aromatic N) is 2. The zero-order chi connectivity index (χ0) is 12.4. The van der Waals surface area contributed by atoms with E-state index in [0.29, 0.717) is 0 Å². The van der Waals surface area contributed by atoms with Gasteiger partial charge in [0.1, 0.15) is 0 Å². The van der Waals surface area contributed by atoms with Crippen molar-refractivity contribution in [3.8, 4) is 0 Å². The molecule has 0 fully saturated rings. The van der Waals surface area contributed by atoms with Gasteiger partial charge in [0.2, 0.25) is 0 Å². The minimum absolute atomic E-state index is 0.00356. The number of rotatable bonds is 4. The van der Waals surface area contributed by atoms with E-state index in [2.05, 4.69) is 4.98 Å². The molecule has 1 heterocycles. The van der Waals surface area contributed by atoms with E-state index in [9.17, 15) is 21.6 Å². The van der Waals surface area contributed by atoms with Gasteiger partial charge >= 0.3 is 5.51 Å². The topological polar surface area (TPSA) is 52.0 Å². The molecule has 10 heteroatoms. The molecule has 92 valence electrons. The molecule has 0 amide bonds. The van der Waals surface area contributed by atoms with Crippen LogP contribution in [0.3, 0.4) is 0 Å². The van der Waals surface area contributed by atoms with Gasteiger partial charge in [0.25, 0.3) is 9.05 Å². The maximum absolute atomic E-state index is 11.8. The van der Waals surface area contributed by atoms with Crippen molar-refractivity contribution < 1.29 is 21.6 Å². The highest BCUT2D eigenvalue weighted by Crippen LogP contribution is 2.30. The average molecular weight is 295 g/mol. The molecule has 0 bridgehead atoms. The van der Waals surface area contributed by atoms with Crippen LogP contribution in [0.4, 0.5) is 13.2 Å². The van der Waals surface area contributed by atoms with Crippen molar-refractivity contribution >= 4 is 31.5 Å². The van der Waals surface area contributed by atoms with Crippen molar-refractivity contribution in [3.63, 3.8) is 0 Å². The first-order valence-electron chi connectivity index (χ1n) is 3.85. The SMILES string of the molecule is O=S(=O)(Cl)c1cn(CCSC(F)(F)F)cn1. The number of aromatic nitrogens is 2. The first kappa shape index (κ1) is 13.7. The summed E-state index contributed by atoms with van der Waals surface area (Å²) in [6, 6.07) is 0. The molecule has 1 aromatic heterocycles. The fraction of sp³-hybridized carbons (Fsp3) is 0.500. The van der Waals surface area contributed by atoms with E-state index in [1.165, 1.54) is 4.57 Å².